The molecule has 3 aromatic carbocycles. The number of methoxy groups -OCH3 is 1. The molecule has 1 aliphatic rings. The molecule has 2 N–H and O–H groups in total. The molecular formula is C32H32N2O5. The average molecular weight is 525 g/mol. The molecule has 39 heavy (non-hydrogen) atoms. The first kappa shape index (κ1) is 27.3. The second-order valence-electron chi connectivity index (χ2n) is 9.73. The number of ether oxygens (including phenoxy) is 4. The van der Waals surface area contributed by atoms with E-state index in [1.807, 2.05) is 49.4 Å². The normalized spacial score (nSPS) is 14.5. The van der Waals surface area contributed by atoms with Crippen LogP contribution in [-0.4, -0.2) is 19.7 Å². The molecule has 1 heterocycles. The topological polar surface area (TPSA) is 104 Å². The third kappa shape index (κ3) is 6.60. The molecule has 7 heteroatoms. The molecule has 0 bridgehead atoms. The SMILES string of the molecule is COc1cc(C2C(C#N)=C(N)Oc3cc(OC(=O)/C=C/c4ccc(C)cc4)ccc32)ccc1OCCC(C)C. The van der Waals surface area contributed by atoms with Crippen LogP contribution < -0.4 is 24.7 Å². The number of allylic oxidation sites excluding steroid dienone is 1. The van der Waals surface area contributed by atoms with Gasteiger partial charge in [0, 0.05) is 17.7 Å². The number of nitriles is 1. The van der Waals surface area contributed by atoms with Crippen molar-refractivity contribution in [1.29, 1.82) is 5.26 Å². The fraction of sp³-hybridized carbons (Fsp3) is 0.250. The van der Waals surface area contributed by atoms with Crippen molar-refractivity contribution in [3.8, 4) is 29.1 Å². The maximum Gasteiger partial charge on any atom is 0.336 e. The Labute approximate surface area is 229 Å². The van der Waals surface area contributed by atoms with Gasteiger partial charge in [-0.15, -0.1) is 0 Å². The van der Waals surface area contributed by atoms with Crippen molar-refractivity contribution < 1.29 is 23.7 Å². The van der Waals surface area contributed by atoms with E-state index in [1.54, 1.807) is 31.4 Å². The van der Waals surface area contributed by atoms with Gasteiger partial charge in [0.15, 0.2) is 11.5 Å². The Balaban J connectivity index is 1.58. The summed E-state index contributed by atoms with van der Waals surface area (Å²) in [5.74, 6) is 1.39. The highest BCUT2D eigenvalue weighted by Crippen LogP contribution is 2.45. The molecule has 0 saturated heterocycles. The molecule has 0 spiro atoms. The smallest absolute Gasteiger partial charge is 0.336 e. The van der Waals surface area contributed by atoms with E-state index < -0.39 is 11.9 Å². The molecule has 0 saturated carbocycles. The maximum absolute atomic E-state index is 12.4. The molecule has 0 radical (unpaired) electrons. The van der Waals surface area contributed by atoms with E-state index >= 15 is 0 Å². The zero-order valence-electron chi connectivity index (χ0n) is 22.6. The van der Waals surface area contributed by atoms with E-state index in [9.17, 15) is 10.1 Å². The molecule has 4 rings (SSSR count). The van der Waals surface area contributed by atoms with E-state index in [-0.39, 0.29) is 11.5 Å². The molecule has 1 unspecified atom stereocenters. The third-order valence-corrected chi connectivity index (χ3v) is 6.37. The number of esters is 1. The molecule has 1 aliphatic heterocycles. The van der Waals surface area contributed by atoms with E-state index in [4.69, 9.17) is 24.7 Å². The van der Waals surface area contributed by atoms with E-state index in [2.05, 4.69) is 19.9 Å². The molecule has 0 aliphatic carbocycles. The molecule has 0 amide bonds. The van der Waals surface area contributed by atoms with Crippen molar-refractivity contribution in [3.63, 3.8) is 0 Å². The number of aryl methyl sites for hydroxylation is 1. The summed E-state index contributed by atoms with van der Waals surface area (Å²) in [6, 6.07) is 20.6. The number of hydrogen-bond donors (Lipinski definition) is 1. The minimum Gasteiger partial charge on any atom is -0.493 e. The van der Waals surface area contributed by atoms with Gasteiger partial charge >= 0.3 is 5.97 Å². The van der Waals surface area contributed by atoms with Gasteiger partial charge in [0.2, 0.25) is 5.88 Å². The van der Waals surface area contributed by atoms with E-state index in [0.29, 0.717) is 41.1 Å². The number of benzene rings is 3. The van der Waals surface area contributed by atoms with Crippen LogP contribution in [0.2, 0.25) is 0 Å². The Morgan fingerprint density at radius 3 is 2.56 bits per heavy atom. The number of nitrogens with two attached hydrogens (primary N) is 1. The van der Waals surface area contributed by atoms with Crippen molar-refractivity contribution in [1.82, 2.24) is 0 Å². The largest absolute Gasteiger partial charge is 0.493 e. The van der Waals surface area contributed by atoms with Crippen LogP contribution in [0.4, 0.5) is 0 Å². The van der Waals surface area contributed by atoms with Crippen LogP contribution >= 0.6 is 0 Å². The first-order valence-corrected chi connectivity index (χ1v) is 12.8. The average Bonchev–Trinajstić information content (AvgIpc) is 2.92. The Morgan fingerprint density at radius 1 is 1.10 bits per heavy atom. The van der Waals surface area contributed by atoms with Crippen molar-refractivity contribution >= 4 is 12.0 Å². The van der Waals surface area contributed by atoms with Crippen molar-refractivity contribution in [2.24, 2.45) is 11.7 Å². The number of hydrogen-bond acceptors (Lipinski definition) is 7. The maximum atomic E-state index is 12.4. The van der Waals surface area contributed by atoms with Crippen LogP contribution in [0, 0.1) is 24.2 Å². The lowest BCUT2D eigenvalue weighted by molar-refractivity contribution is -0.128. The predicted octanol–water partition coefficient (Wildman–Crippen LogP) is 6.27. The zero-order valence-corrected chi connectivity index (χ0v) is 22.6. The Kier molecular flexibility index (Phi) is 8.57. The molecular weight excluding hydrogens is 492 g/mol. The molecule has 0 fully saturated rings. The Hall–Kier alpha value is -4.70. The van der Waals surface area contributed by atoms with E-state index in [0.717, 1.165) is 23.1 Å². The lowest BCUT2D eigenvalue weighted by atomic mass is 9.83. The quantitative estimate of drug-likeness (QED) is 0.200. The van der Waals surface area contributed by atoms with Crippen molar-refractivity contribution in [3.05, 3.63) is 100 Å². The van der Waals surface area contributed by atoms with Crippen LogP contribution in [0.15, 0.2) is 78.2 Å². The molecule has 7 nitrogen and oxygen atoms in total. The summed E-state index contributed by atoms with van der Waals surface area (Å²) in [5.41, 5.74) is 9.98. The summed E-state index contributed by atoms with van der Waals surface area (Å²) < 4.78 is 22.8. The number of carbonyl (C=O) groups excluding carboxylic acids is 1. The molecule has 200 valence electrons. The van der Waals surface area contributed by atoms with Crippen molar-refractivity contribution in [2.75, 3.05) is 13.7 Å². The fourth-order valence-corrected chi connectivity index (χ4v) is 4.22. The minimum atomic E-state index is -0.526. The molecule has 3 aromatic rings. The zero-order chi connectivity index (χ0) is 27.9. The van der Waals surface area contributed by atoms with Crippen LogP contribution in [0.1, 0.15) is 48.4 Å². The Morgan fingerprint density at radius 2 is 1.87 bits per heavy atom. The second kappa shape index (κ2) is 12.2. The highest BCUT2D eigenvalue weighted by molar-refractivity contribution is 5.88. The first-order valence-electron chi connectivity index (χ1n) is 12.8. The van der Waals surface area contributed by atoms with Gasteiger partial charge in [-0.05, 0) is 54.7 Å². The summed E-state index contributed by atoms with van der Waals surface area (Å²) in [6.45, 7) is 6.86. The van der Waals surface area contributed by atoms with E-state index in [1.165, 1.54) is 6.08 Å². The molecule has 0 aromatic heterocycles. The highest BCUT2D eigenvalue weighted by atomic mass is 16.5. The van der Waals surface area contributed by atoms with Crippen LogP contribution in [0.25, 0.3) is 6.08 Å². The van der Waals surface area contributed by atoms with Gasteiger partial charge in [0.1, 0.15) is 23.1 Å². The lowest BCUT2D eigenvalue weighted by Gasteiger charge is -2.27. The van der Waals surface area contributed by atoms with Crippen LogP contribution in [0.5, 0.6) is 23.0 Å². The van der Waals surface area contributed by atoms with Gasteiger partial charge in [-0.3, -0.25) is 0 Å². The lowest BCUT2D eigenvalue weighted by Crippen LogP contribution is -2.21. The fourth-order valence-electron chi connectivity index (χ4n) is 4.22. The first-order chi connectivity index (χ1) is 18.8. The van der Waals surface area contributed by atoms with Gasteiger partial charge in [-0.25, -0.2) is 4.79 Å². The summed E-state index contributed by atoms with van der Waals surface area (Å²) in [6.07, 6.45) is 3.98. The second-order valence-corrected chi connectivity index (χ2v) is 9.73. The van der Waals surface area contributed by atoms with Crippen LogP contribution in [-0.2, 0) is 4.79 Å². The van der Waals surface area contributed by atoms with Crippen LogP contribution in [0.3, 0.4) is 0 Å². The summed E-state index contributed by atoms with van der Waals surface area (Å²) in [5, 5.41) is 9.91. The van der Waals surface area contributed by atoms with Gasteiger partial charge < -0.3 is 24.7 Å². The number of nitrogens with zero attached hydrogens (tertiary/aromatic N) is 1. The minimum absolute atomic E-state index is 0.00558. The van der Waals surface area contributed by atoms with Gasteiger partial charge in [0.05, 0.1) is 19.6 Å². The Bertz CT molecular complexity index is 1450. The monoisotopic (exact) mass is 524 g/mol. The van der Waals surface area contributed by atoms with Crippen molar-refractivity contribution in [2.45, 2.75) is 33.1 Å². The summed E-state index contributed by atoms with van der Waals surface area (Å²) in [7, 11) is 1.58. The summed E-state index contributed by atoms with van der Waals surface area (Å²) >= 11 is 0. The third-order valence-electron chi connectivity index (χ3n) is 6.37. The molecule has 1 atom stereocenters. The number of fused-ring (bicyclic) bond motifs is 1. The summed E-state index contributed by atoms with van der Waals surface area (Å²) in [4.78, 5) is 12.4. The van der Waals surface area contributed by atoms with Gasteiger partial charge in [-0.2, -0.15) is 5.26 Å². The highest BCUT2D eigenvalue weighted by Gasteiger charge is 2.31. The predicted molar refractivity (Wildman–Crippen MR) is 150 cm³/mol. The standard InChI is InChI=1S/C32H32N2O5/c1-20(2)15-16-37-27-13-10-23(17-29(27)36-4)31-25-12-11-24(18-28(25)39-32(34)26(31)19-33)38-30(35)14-9-22-7-5-21(3)6-8-22/h5-14,17-18,20,31H,15-16,34H2,1-4H3/b14-9+. The number of carbonyl (C=O) groups is 1. The number of rotatable bonds is 9. The van der Waals surface area contributed by atoms with Gasteiger partial charge in [-0.1, -0.05) is 55.8 Å². The van der Waals surface area contributed by atoms with Gasteiger partial charge in [0.25, 0.3) is 0 Å².